The Hall–Kier alpha value is -7.68. The molecule has 66 heavy (non-hydrogen) atoms. The van der Waals surface area contributed by atoms with E-state index in [9.17, 15) is 0 Å². The smallest absolute Gasteiger partial charge is 0.0543 e. The summed E-state index contributed by atoms with van der Waals surface area (Å²) >= 11 is 0. The molecule has 0 heterocycles. The van der Waals surface area contributed by atoms with Crippen molar-refractivity contribution in [1.82, 2.24) is 0 Å². The van der Waals surface area contributed by atoms with Crippen molar-refractivity contribution in [3.8, 4) is 33.4 Å². The van der Waals surface area contributed by atoms with Gasteiger partial charge in [-0.25, -0.2) is 0 Å². The van der Waals surface area contributed by atoms with Gasteiger partial charge in [-0.05, 0) is 141 Å². The summed E-state index contributed by atoms with van der Waals surface area (Å²) < 4.78 is 0. The van der Waals surface area contributed by atoms with Gasteiger partial charge in [0.1, 0.15) is 0 Å². The first-order chi connectivity index (χ1) is 32.1. The van der Waals surface area contributed by atoms with Crippen molar-refractivity contribution in [2.24, 2.45) is 0 Å². The fourth-order valence-corrected chi connectivity index (χ4v) is 11.3. The molecule has 0 bridgehead atoms. The summed E-state index contributed by atoms with van der Waals surface area (Å²) in [7, 11) is 0. The van der Waals surface area contributed by atoms with Gasteiger partial charge in [-0.15, -0.1) is 0 Å². The van der Waals surface area contributed by atoms with Crippen LogP contribution in [0.25, 0.3) is 54.9 Å². The van der Waals surface area contributed by atoms with Gasteiger partial charge in [0.15, 0.2) is 0 Å². The van der Waals surface area contributed by atoms with E-state index in [1.54, 1.807) is 0 Å². The zero-order valence-electron chi connectivity index (χ0n) is 38.5. The molecule has 2 aliphatic carbocycles. The van der Waals surface area contributed by atoms with Gasteiger partial charge >= 0.3 is 0 Å². The van der Waals surface area contributed by atoms with Gasteiger partial charge in [0.05, 0.1) is 11.4 Å². The maximum Gasteiger partial charge on any atom is 0.0543 e. The minimum absolute atomic E-state index is 0.134. The lowest BCUT2D eigenvalue weighted by Crippen LogP contribution is -2.17. The van der Waals surface area contributed by atoms with E-state index < -0.39 is 0 Å². The van der Waals surface area contributed by atoms with Gasteiger partial charge in [0.25, 0.3) is 0 Å². The Kier molecular flexibility index (Phi) is 9.03. The molecular formula is C64H52N2. The Bertz CT molecular complexity index is 3280. The average molecular weight is 849 g/mol. The highest BCUT2D eigenvalue weighted by molar-refractivity contribution is 6.11. The van der Waals surface area contributed by atoms with Crippen LogP contribution in [0.3, 0.4) is 0 Å². The molecule has 2 aliphatic rings. The third kappa shape index (κ3) is 6.08. The van der Waals surface area contributed by atoms with Crippen LogP contribution in [0.1, 0.15) is 61.1 Å². The van der Waals surface area contributed by atoms with Gasteiger partial charge in [-0.2, -0.15) is 0 Å². The summed E-state index contributed by atoms with van der Waals surface area (Å²) in [6, 6.07) is 77.0. The first kappa shape index (κ1) is 39.9. The molecular weight excluding hydrogens is 797 g/mol. The van der Waals surface area contributed by atoms with Crippen LogP contribution in [0, 0.1) is 13.8 Å². The molecule has 12 rings (SSSR count). The minimum Gasteiger partial charge on any atom is -0.310 e. The van der Waals surface area contributed by atoms with E-state index in [4.69, 9.17) is 0 Å². The molecule has 10 aromatic carbocycles. The maximum atomic E-state index is 2.47. The number of benzene rings is 10. The molecule has 318 valence electrons. The van der Waals surface area contributed by atoms with Crippen LogP contribution in [-0.4, -0.2) is 0 Å². The summed E-state index contributed by atoms with van der Waals surface area (Å²) in [5, 5.41) is 5.06. The molecule has 0 aromatic heterocycles. The van der Waals surface area contributed by atoms with Crippen molar-refractivity contribution in [3.05, 3.63) is 240 Å². The van der Waals surface area contributed by atoms with E-state index >= 15 is 0 Å². The molecule has 10 aromatic rings. The molecule has 2 nitrogen and oxygen atoms in total. The van der Waals surface area contributed by atoms with Crippen molar-refractivity contribution < 1.29 is 0 Å². The second-order valence-corrected chi connectivity index (χ2v) is 19.5. The maximum absolute atomic E-state index is 2.47. The van der Waals surface area contributed by atoms with Gasteiger partial charge in [0, 0.05) is 44.4 Å². The Labute approximate surface area is 389 Å². The fourth-order valence-electron chi connectivity index (χ4n) is 11.3. The van der Waals surface area contributed by atoms with Crippen molar-refractivity contribution in [3.63, 3.8) is 0 Å². The minimum atomic E-state index is -0.134. The van der Waals surface area contributed by atoms with Crippen LogP contribution >= 0.6 is 0 Å². The molecule has 0 aliphatic heterocycles. The van der Waals surface area contributed by atoms with Crippen molar-refractivity contribution in [2.45, 2.75) is 52.4 Å². The van der Waals surface area contributed by atoms with E-state index in [0.29, 0.717) is 0 Å². The molecule has 0 atom stereocenters. The SMILES string of the molecule is Cc1ccc(N(c2ccc(-c3ccc(N(c4ccc(C)cc4)c4cc5c(c6ccccc46)-c4ccccc4C5(C)C)cc3)cc2)c2cc3c(c4ccccc24)-c2ccccc2C3(C)C)cc1. The van der Waals surface area contributed by atoms with E-state index in [2.05, 4.69) is 258 Å². The van der Waals surface area contributed by atoms with E-state index in [1.165, 1.54) is 99.7 Å². The van der Waals surface area contributed by atoms with Crippen LogP contribution < -0.4 is 9.80 Å². The highest BCUT2D eigenvalue weighted by atomic mass is 15.1. The van der Waals surface area contributed by atoms with Crippen LogP contribution in [-0.2, 0) is 10.8 Å². The topological polar surface area (TPSA) is 6.48 Å². The fraction of sp³-hybridized carbons (Fsp3) is 0.125. The molecule has 2 heteroatoms. The lowest BCUT2D eigenvalue weighted by Gasteiger charge is -2.30. The molecule has 0 radical (unpaired) electrons. The quantitative estimate of drug-likeness (QED) is 0.158. The van der Waals surface area contributed by atoms with Crippen LogP contribution in [0.15, 0.2) is 206 Å². The highest BCUT2D eigenvalue weighted by Crippen LogP contribution is 2.56. The highest BCUT2D eigenvalue weighted by Gasteiger charge is 2.39. The summed E-state index contributed by atoms with van der Waals surface area (Å²) in [4.78, 5) is 4.91. The monoisotopic (exact) mass is 848 g/mol. The number of nitrogens with zero attached hydrogens (tertiary/aromatic N) is 2. The lowest BCUT2D eigenvalue weighted by molar-refractivity contribution is 0.661. The summed E-state index contributed by atoms with van der Waals surface area (Å²) in [5.41, 5.74) is 22.4. The molecule has 0 amide bonds. The molecule has 0 unspecified atom stereocenters. The predicted octanol–water partition coefficient (Wildman–Crippen LogP) is 17.8. The Morgan fingerprint density at radius 1 is 0.303 bits per heavy atom. The summed E-state index contributed by atoms with van der Waals surface area (Å²) in [5.74, 6) is 0. The van der Waals surface area contributed by atoms with Crippen LogP contribution in [0.4, 0.5) is 34.1 Å². The van der Waals surface area contributed by atoms with Crippen molar-refractivity contribution >= 4 is 55.7 Å². The second-order valence-electron chi connectivity index (χ2n) is 19.5. The number of aryl methyl sites for hydroxylation is 2. The van der Waals surface area contributed by atoms with E-state index in [1.807, 2.05) is 0 Å². The summed E-state index contributed by atoms with van der Waals surface area (Å²) in [6.45, 7) is 13.8. The van der Waals surface area contributed by atoms with E-state index in [0.717, 1.165) is 22.7 Å². The molecule has 0 fully saturated rings. The van der Waals surface area contributed by atoms with Gasteiger partial charge < -0.3 is 9.80 Å². The van der Waals surface area contributed by atoms with Gasteiger partial charge in [0.2, 0.25) is 0 Å². The first-order valence-electron chi connectivity index (χ1n) is 23.3. The standard InChI is InChI=1S/C64H52N2/c1-41-23-31-45(32-24-41)65(59-39-57-61(51-17-9-7-15-49(51)59)53-19-11-13-21-55(53)63(57,3)4)47-35-27-43(28-36-47)44-29-37-48(38-30-44)66(46-33-25-42(2)26-34-46)60-40-58-62(52-18-10-8-16-50(52)60)54-20-12-14-22-56(54)64(58,5)6/h7-40H,1-6H3. The number of hydrogen-bond donors (Lipinski definition) is 0. The van der Waals surface area contributed by atoms with E-state index in [-0.39, 0.29) is 10.8 Å². The average Bonchev–Trinajstić information content (AvgIpc) is 3.72. The van der Waals surface area contributed by atoms with Crippen LogP contribution in [0.5, 0.6) is 0 Å². The zero-order valence-corrected chi connectivity index (χ0v) is 38.5. The third-order valence-corrected chi connectivity index (χ3v) is 14.8. The predicted molar refractivity (Wildman–Crippen MR) is 281 cm³/mol. The molecule has 0 saturated heterocycles. The first-order valence-corrected chi connectivity index (χ1v) is 23.3. The van der Waals surface area contributed by atoms with Crippen LogP contribution in [0.2, 0.25) is 0 Å². The molecule has 0 N–H and O–H groups in total. The van der Waals surface area contributed by atoms with Crippen molar-refractivity contribution in [1.29, 1.82) is 0 Å². The Balaban J connectivity index is 0.955. The lowest BCUT2D eigenvalue weighted by atomic mass is 9.81. The summed E-state index contributed by atoms with van der Waals surface area (Å²) in [6.07, 6.45) is 0. The van der Waals surface area contributed by atoms with Gasteiger partial charge in [-0.1, -0.05) is 184 Å². The second kappa shape index (κ2) is 14.9. The molecule has 0 saturated carbocycles. The van der Waals surface area contributed by atoms with Crippen molar-refractivity contribution in [2.75, 3.05) is 9.80 Å². The van der Waals surface area contributed by atoms with Gasteiger partial charge in [-0.3, -0.25) is 0 Å². The number of fused-ring (bicyclic) bond motifs is 10. The number of anilines is 6. The molecule has 0 spiro atoms. The number of hydrogen-bond acceptors (Lipinski definition) is 2. The largest absolute Gasteiger partial charge is 0.310 e. The normalized spacial score (nSPS) is 13.8. The number of rotatable bonds is 7. The Morgan fingerprint density at radius 3 is 0.970 bits per heavy atom. The third-order valence-electron chi connectivity index (χ3n) is 14.8. The Morgan fingerprint density at radius 2 is 0.606 bits per heavy atom. The zero-order chi connectivity index (χ0) is 44.9.